The first-order valence-electron chi connectivity index (χ1n) is 9.79. The zero-order valence-electron chi connectivity index (χ0n) is 16.5. The van der Waals surface area contributed by atoms with Crippen molar-refractivity contribution in [2.45, 2.75) is 25.8 Å². The molecule has 0 bridgehead atoms. The lowest BCUT2D eigenvalue weighted by atomic mass is 10.0. The number of amides is 4. The van der Waals surface area contributed by atoms with Crippen molar-refractivity contribution in [3.05, 3.63) is 59.7 Å². The molecule has 2 N–H and O–H groups in total. The van der Waals surface area contributed by atoms with Crippen molar-refractivity contribution in [1.29, 1.82) is 0 Å². The molecular weight excluding hydrogens is 368 g/mol. The fraction of sp³-hybridized carbons (Fsp3) is 0.318. The topological polar surface area (TPSA) is 81.8 Å². The summed E-state index contributed by atoms with van der Waals surface area (Å²) in [5, 5.41) is 5.50. The van der Waals surface area contributed by atoms with E-state index < -0.39 is 6.04 Å². The minimum Gasteiger partial charge on any atom is -0.339 e. The van der Waals surface area contributed by atoms with E-state index in [0.717, 1.165) is 11.3 Å². The Kier molecular flexibility index (Phi) is 4.96. The van der Waals surface area contributed by atoms with Gasteiger partial charge in [-0.1, -0.05) is 44.2 Å². The quantitative estimate of drug-likeness (QED) is 0.821. The van der Waals surface area contributed by atoms with Gasteiger partial charge < -0.3 is 15.5 Å². The van der Waals surface area contributed by atoms with Gasteiger partial charge in [-0.15, -0.1) is 0 Å². The molecule has 0 spiro atoms. The number of hydrogen-bond acceptors (Lipinski definition) is 3. The highest BCUT2D eigenvalue weighted by atomic mass is 16.2. The third-order valence-corrected chi connectivity index (χ3v) is 5.40. The molecule has 0 radical (unpaired) electrons. The molecule has 2 heterocycles. The Balaban J connectivity index is 1.38. The Hall–Kier alpha value is -3.35. The molecule has 2 aliphatic rings. The van der Waals surface area contributed by atoms with E-state index in [-0.39, 0.29) is 24.4 Å². The van der Waals surface area contributed by atoms with E-state index in [1.54, 1.807) is 11.0 Å². The van der Waals surface area contributed by atoms with Crippen molar-refractivity contribution in [1.82, 2.24) is 10.2 Å². The summed E-state index contributed by atoms with van der Waals surface area (Å²) >= 11 is 0. The molecule has 0 aliphatic carbocycles. The molecule has 4 amide bonds. The second kappa shape index (κ2) is 7.58. The molecule has 0 saturated carbocycles. The van der Waals surface area contributed by atoms with Crippen LogP contribution < -0.4 is 15.5 Å². The number of nitrogens with one attached hydrogen (secondary N) is 2. The van der Waals surface area contributed by atoms with Gasteiger partial charge in [0.2, 0.25) is 5.91 Å². The number of nitrogens with zero attached hydrogens (tertiary/aromatic N) is 2. The van der Waals surface area contributed by atoms with Crippen LogP contribution in [0.4, 0.5) is 16.2 Å². The molecule has 1 atom stereocenters. The standard InChI is InChI=1S/C22H24N4O3/c1-14(2)15-7-9-16(10-8-15)26-12-11-25(22(26)29)13-19(27)24-20-17-5-3-4-6-18(17)23-21(20)28/h3-10,14,20H,11-13H2,1-2H3,(H,23,28)(H,24,27). The lowest BCUT2D eigenvalue weighted by Crippen LogP contribution is -2.42. The SMILES string of the molecule is CC(C)c1ccc(N2CCN(CC(=O)NC3C(=O)Nc4ccccc43)C2=O)cc1. The normalized spacial score (nSPS) is 18.2. The van der Waals surface area contributed by atoms with Crippen molar-refractivity contribution >= 4 is 29.2 Å². The Bertz CT molecular complexity index is 955. The van der Waals surface area contributed by atoms with Gasteiger partial charge in [0.05, 0.1) is 0 Å². The number of hydrogen-bond donors (Lipinski definition) is 2. The lowest BCUT2D eigenvalue weighted by Gasteiger charge is -2.20. The summed E-state index contributed by atoms with van der Waals surface area (Å²) in [5.41, 5.74) is 3.49. The number of anilines is 2. The second-order valence-corrected chi connectivity index (χ2v) is 7.68. The van der Waals surface area contributed by atoms with Crippen LogP contribution in [0.15, 0.2) is 48.5 Å². The fourth-order valence-corrected chi connectivity index (χ4v) is 3.74. The summed E-state index contributed by atoms with van der Waals surface area (Å²) < 4.78 is 0. The number of fused-ring (bicyclic) bond motifs is 1. The smallest absolute Gasteiger partial charge is 0.325 e. The third kappa shape index (κ3) is 3.68. The first kappa shape index (κ1) is 19.0. The average Bonchev–Trinajstić information content (AvgIpc) is 3.22. The van der Waals surface area contributed by atoms with Gasteiger partial charge in [0.15, 0.2) is 0 Å². The second-order valence-electron chi connectivity index (χ2n) is 7.68. The summed E-state index contributed by atoms with van der Waals surface area (Å²) in [6, 6.07) is 14.3. The van der Waals surface area contributed by atoms with Gasteiger partial charge in [0, 0.05) is 30.0 Å². The molecule has 2 aromatic carbocycles. The summed E-state index contributed by atoms with van der Waals surface area (Å²) in [4.78, 5) is 40.6. The maximum atomic E-state index is 12.8. The maximum Gasteiger partial charge on any atom is 0.325 e. The molecule has 7 nitrogen and oxygen atoms in total. The van der Waals surface area contributed by atoms with Crippen molar-refractivity contribution in [3.63, 3.8) is 0 Å². The van der Waals surface area contributed by atoms with E-state index in [4.69, 9.17) is 0 Å². The van der Waals surface area contributed by atoms with E-state index >= 15 is 0 Å². The van der Waals surface area contributed by atoms with Gasteiger partial charge in [0.1, 0.15) is 12.6 Å². The first-order valence-corrected chi connectivity index (χ1v) is 9.79. The van der Waals surface area contributed by atoms with Crippen molar-refractivity contribution in [3.8, 4) is 0 Å². The van der Waals surface area contributed by atoms with Crippen LogP contribution in [0.25, 0.3) is 0 Å². The number of benzene rings is 2. The van der Waals surface area contributed by atoms with E-state index in [9.17, 15) is 14.4 Å². The van der Waals surface area contributed by atoms with Crippen LogP contribution in [0.5, 0.6) is 0 Å². The molecule has 2 aliphatic heterocycles. The monoisotopic (exact) mass is 392 g/mol. The molecule has 1 unspecified atom stereocenters. The van der Waals surface area contributed by atoms with Crippen LogP contribution >= 0.6 is 0 Å². The van der Waals surface area contributed by atoms with Crippen LogP contribution in [0.2, 0.25) is 0 Å². The zero-order valence-corrected chi connectivity index (χ0v) is 16.5. The largest absolute Gasteiger partial charge is 0.339 e. The van der Waals surface area contributed by atoms with Crippen molar-refractivity contribution < 1.29 is 14.4 Å². The molecule has 0 aromatic heterocycles. The summed E-state index contributed by atoms with van der Waals surface area (Å²) in [6.45, 7) is 5.16. The number of carbonyl (C=O) groups excluding carboxylic acids is 3. The molecule has 7 heteroatoms. The fourth-order valence-electron chi connectivity index (χ4n) is 3.74. The van der Waals surface area contributed by atoms with Crippen LogP contribution in [-0.2, 0) is 9.59 Å². The van der Waals surface area contributed by atoms with Crippen LogP contribution in [0, 0.1) is 0 Å². The number of carbonyl (C=O) groups is 3. The Labute approximate surface area is 169 Å². The highest BCUT2D eigenvalue weighted by molar-refractivity contribution is 6.04. The predicted octanol–water partition coefficient (Wildman–Crippen LogP) is 2.86. The molecule has 150 valence electrons. The van der Waals surface area contributed by atoms with Crippen LogP contribution in [0.1, 0.15) is 36.9 Å². The van der Waals surface area contributed by atoms with Gasteiger partial charge in [-0.3, -0.25) is 14.5 Å². The number of para-hydroxylation sites is 1. The van der Waals surface area contributed by atoms with Crippen molar-refractivity contribution in [2.24, 2.45) is 0 Å². The Morgan fingerprint density at radius 3 is 2.55 bits per heavy atom. The highest BCUT2D eigenvalue weighted by Crippen LogP contribution is 2.30. The summed E-state index contributed by atoms with van der Waals surface area (Å²) in [7, 11) is 0. The van der Waals surface area contributed by atoms with Gasteiger partial charge in [-0.25, -0.2) is 4.79 Å². The predicted molar refractivity (Wildman–Crippen MR) is 111 cm³/mol. The Morgan fingerprint density at radius 2 is 1.83 bits per heavy atom. The number of rotatable bonds is 5. The van der Waals surface area contributed by atoms with Crippen LogP contribution in [0.3, 0.4) is 0 Å². The average molecular weight is 392 g/mol. The van der Waals surface area contributed by atoms with E-state index in [1.165, 1.54) is 10.5 Å². The Morgan fingerprint density at radius 1 is 1.10 bits per heavy atom. The summed E-state index contributed by atoms with van der Waals surface area (Å²) in [6.07, 6.45) is 0. The van der Waals surface area contributed by atoms with Crippen LogP contribution in [-0.4, -0.2) is 42.4 Å². The summed E-state index contributed by atoms with van der Waals surface area (Å²) in [5.74, 6) is -0.192. The van der Waals surface area contributed by atoms with Gasteiger partial charge >= 0.3 is 6.03 Å². The lowest BCUT2D eigenvalue weighted by molar-refractivity contribution is -0.126. The molecule has 1 saturated heterocycles. The molecule has 2 aromatic rings. The zero-order chi connectivity index (χ0) is 20.5. The van der Waals surface area contributed by atoms with E-state index in [0.29, 0.717) is 24.7 Å². The third-order valence-electron chi connectivity index (χ3n) is 5.40. The van der Waals surface area contributed by atoms with Gasteiger partial charge in [0.25, 0.3) is 5.91 Å². The minimum absolute atomic E-state index is 0.0780. The van der Waals surface area contributed by atoms with Crippen molar-refractivity contribution in [2.75, 3.05) is 29.9 Å². The molecule has 29 heavy (non-hydrogen) atoms. The maximum absolute atomic E-state index is 12.8. The van der Waals surface area contributed by atoms with E-state index in [2.05, 4.69) is 24.5 Å². The first-order chi connectivity index (χ1) is 13.9. The highest BCUT2D eigenvalue weighted by Gasteiger charge is 2.34. The number of urea groups is 1. The molecular formula is C22H24N4O3. The minimum atomic E-state index is -0.726. The van der Waals surface area contributed by atoms with Gasteiger partial charge in [-0.2, -0.15) is 0 Å². The molecule has 4 rings (SSSR count). The van der Waals surface area contributed by atoms with Gasteiger partial charge in [-0.05, 0) is 29.7 Å². The van der Waals surface area contributed by atoms with E-state index in [1.807, 2.05) is 42.5 Å². The molecule has 1 fully saturated rings.